The van der Waals surface area contributed by atoms with E-state index in [2.05, 4.69) is 0 Å². The van der Waals surface area contributed by atoms with Crippen molar-refractivity contribution in [3.05, 3.63) is 35.4 Å². The molecule has 0 radical (unpaired) electrons. The molecule has 1 aromatic rings. The van der Waals surface area contributed by atoms with Crippen molar-refractivity contribution in [2.75, 3.05) is 11.5 Å². The van der Waals surface area contributed by atoms with Crippen LogP contribution in [0.5, 0.6) is 0 Å². The number of sulfone groups is 1. The van der Waals surface area contributed by atoms with Gasteiger partial charge in [-0.2, -0.15) is 13.2 Å². The van der Waals surface area contributed by atoms with Gasteiger partial charge in [0.25, 0.3) is 0 Å². The molecule has 0 spiro atoms. The molecule has 1 aromatic carbocycles. The van der Waals surface area contributed by atoms with Gasteiger partial charge in [-0.05, 0) is 30.4 Å². The number of rotatable bonds is 3. The van der Waals surface area contributed by atoms with Crippen LogP contribution in [0, 0.1) is 5.92 Å². The van der Waals surface area contributed by atoms with E-state index in [4.69, 9.17) is 0 Å². The third-order valence-electron chi connectivity index (χ3n) is 3.81. The van der Waals surface area contributed by atoms with Crippen molar-refractivity contribution in [1.82, 2.24) is 0 Å². The number of halogens is 3. The van der Waals surface area contributed by atoms with Gasteiger partial charge in [0.2, 0.25) is 0 Å². The van der Waals surface area contributed by atoms with E-state index in [1.54, 1.807) is 0 Å². The largest absolute Gasteiger partial charge is 0.481 e. The van der Waals surface area contributed by atoms with Crippen LogP contribution in [0.15, 0.2) is 24.3 Å². The zero-order chi connectivity index (χ0) is 16.5. The van der Waals surface area contributed by atoms with Crippen molar-refractivity contribution >= 4 is 15.8 Å². The van der Waals surface area contributed by atoms with Gasteiger partial charge in [0, 0.05) is 0 Å². The molecule has 0 aliphatic carbocycles. The van der Waals surface area contributed by atoms with Gasteiger partial charge >= 0.3 is 12.1 Å². The van der Waals surface area contributed by atoms with Crippen molar-refractivity contribution in [3.8, 4) is 0 Å². The summed E-state index contributed by atoms with van der Waals surface area (Å²) in [7, 11) is -3.34. The number of carboxylic acid groups (broad SMARTS) is 1. The van der Waals surface area contributed by atoms with Gasteiger partial charge in [0.15, 0.2) is 9.84 Å². The van der Waals surface area contributed by atoms with E-state index < -0.39 is 39.4 Å². The predicted octanol–water partition coefficient (Wildman–Crippen LogP) is 2.70. The molecule has 2 atom stereocenters. The maximum Gasteiger partial charge on any atom is 0.416 e. The number of carbonyl (C=O) groups is 1. The highest BCUT2D eigenvalue weighted by atomic mass is 32.2. The van der Waals surface area contributed by atoms with Crippen LogP contribution in [0.25, 0.3) is 0 Å². The first-order valence-electron chi connectivity index (χ1n) is 6.70. The normalized spacial score (nSPS) is 23.0. The molecule has 0 aromatic heterocycles. The van der Waals surface area contributed by atoms with Gasteiger partial charge in [-0.25, -0.2) is 8.42 Å². The maximum absolute atomic E-state index is 12.8. The molecule has 22 heavy (non-hydrogen) atoms. The van der Waals surface area contributed by atoms with E-state index in [-0.39, 0.29) is 17.1 Å². The Morgan fingerprint density at radius 2 is 2.00 bits per heavy atom. The average Bonchev–Trinajstić information content (AvgIpc) is 2.36. The summed E-state index contributed by atoms with van der Waals surface area (Å²) in [5, 5.41) is 9.37. The molecule has 122 valence electrons. The standard InChI is InChI=1S/C14H15F3O4S/c15-14(16,17)11-5-1-3-9(7-11)12(13(18)19)10-4-2-6-22(20,21)8-10/h1,3,5,7,10,12H,2,4,6,8H2,(H,18,19). The first kappa shape index (κ1) is 16.8. The van der Waals surface area contributed by atoms with Gasteiger partial charge in [-0.3, -0.25) is 4.79 Å². The van der Waals surface area contributed by atoms with E-state index >= 15 is 0 Å². The minimum Gasteiger partial charge on any atom is -0.481 e. The van der Waals surface area contributed by atoms with Crippen LogP contribution in [-0.2, 0) is 20.8 Å². The Kier molecular flexibility index (Phi) is 4.51. The van der Waals surface area contributed by atoms with Crippen LogP contribution in [0.2, 0.25) is 0 Å². The molecule has 4 nitrogen and oxygen atoms in total. The van der Waals surface area contributed by atoms with Crippen molar-refractivity contribution in [3.63, 3.8) is 0 Å². The SMILES string of the molecule is O=C(O)C(c1cccc(C(F)(F)F)c1)C1CCCS(=O)(=O)C1. The maximum atomic E-state index is 12.8. The van der Waals surface area contributed by atoms with Gasteiger partial charge in [-0.1, -0.05) is 18.2 Å². The summed E-state index contributed by atoms with van der Waals surface area (Å²) < 4.78 is 61.6. The molecule has 2 rings (SSSR count). The average molecular weight is 336 g/mol. The number of aliphatic carboxylic acids is 1. The van der Waals surface area contributed by atoms with Crippen LogP contribution in [0.3, 0.4) is 0 Å². The Bertz CT molecular complexity index is 667. The number of alkyl halides is 3. The van der Waals surface area contributed by atoms with E-state index in [9.17, 15) is 31.5 Å². The summed E-state index contributed by atoms with van der Waals surface area (Å²) in [6, 6.07) is 4.10. The molecular weight excluding hydrogens is 321 g/mol. The smallest absolute Gasteiger partial charge is 0.416 e. The molecule has 1 aliphatic heterocycles. The number of hydrogen-bond donors (Lipinski definition) is 1. The van der Waals surface area contributed by atoms with Gasteiger partial charge in [-0.15, -0.1) is 0 Å². The highest BCUT2D eigenvalue weighted by Gasteiger charge is 2.37. The Hall–Kier alpha value is -1.57. The highest BCUT2D eigenvalue weighted by Crippen LogP contribution is 2.36. The molecule has 1 N–H and O–H groups in total. The van der Waals surface area contributed by atoms with E-state index in [0.717, 1.165) is 18.2 Å². The Labute approximate surface area is 125 Å². The van der Waals surface area contributed by atoms with E-state index in [1.165, 1.54) is 6.07 Å². The minimum absolute atomic E-state index is 0.00156. The summed E-state index contributed by atoms with van der Waals surface area (Å²) >= 11 is 0. The Balaban J connectivity index is 2.39. The fraction of sp³-hybridized carbons (Fsp3) is 0.500. The lowest BCUT2D eigenvalue weighted by Gasteiger charge is -2.28. The Morgan fingerprint density at radius 3 is 2.55 bits per heavy atom. The lowest BCUT2D eigenvalue weighted by Crippen LogP contribution is -2.33. The topological polar surface area (TPSA) is 71.4 Å². The molecule has 0 amide bonds. The van der Waals surface area contributed by atoms with Crippen LogP contribution in [0.4, 0.5) is 13.2 Å². The second-order valence-corrected chi connectivity index (χ2v) is 7.68. The third-order valence-corrected chi connectivity index (χ3v) is 5.66. The third kappa shape index (κ3) is 3.79. The molecule has 8 heteroatoms. The summed E-state index contributed by atoms with van der Waals surface area (Å²) in [6.07, 6.45) is -3.88. The van der Waals surface area contributed by atoms with Gasteiger partial charge in [0.05, 0.1) is 23.0 Å². The fourth-order valence-electron chi connectivity index (χ4n) is 2.85. The lowest BCUT2D eigenvalue weighted by atomic mass is 9.83. The number of hydrogen-bond acceptors (Lipinski definition) is 3. The second-order valence-electron chi connectivity index (χ2n) is 5.46. The predicted molar refractivity (Wildman–Crippen MR) is 73.2 cm³/mol. The summed E-state index contributed by atoms with van der Waals surface area (Å²) in [6.45, 7) is 0. The van der Waals surface area contributed by atoms with Crippen LogP contribution in [-0.4, -0.2) is 31.0 Å². The van der Waals surface area contributed by atoms with Crippen LogP contribution in [0.1, 0.15) is 29.9 Å². The number of carboxylic acids is 1. The highest BCUT2D eigenvalue weighted by molar-refractivity contribution is 7.91. The molecule has 1 saturated heterocycles. The first-order chi connectivity index (χ1) is 10.1. The lowest BCUT2D eigenvalue weighted by molar-refractivity contribution is -0.141. The van der Waals surface area contributed by atoms with Gasteiger partial charge < -0.3 is 5.11 Å². The van der Waals surface area contributed by atoms with Crippen LogP contribution >= 0.6 is 0 Å². The monoisotopic (exact) mass is 336 g/mol. The molecule has 1 heterocycles. The van der Waals surface area contributed by atoms with Crippen molar-refractivity contribution in [2.24, 2.45) is 5.92 Å². The molecule has 2 unspecified atom stereocenters. The van der Waals surface area contributed by atoms with E-state index in [0.29, 0.717) is 12.8 Å². The molecule has 0 saturated carbocycles. The molecule has 0 bridgehead atoms. The minimum atomic E-state index is -4.57. The quantitative estimate of drug-likeness (QED) is 0.921. The molecule has 1 fully saturated rings. The van der Waals surface area contributed by atoms with Crippen molar-refractivity contribution in [1.29, 1.82) is 0 Å². The summed E-state index contributed by atoms with van der Waals surface area (Å²) in [5.41, 5.74) is -0.945. The zero-order valence-corrected chi connectivity index (χ0v) is 12.3. The second kappa shape index (κ2) is 5.91. The van der Waals surface area contributed by atoms with Gasteiger partial charge in [0.1, 0.15) is 0 Å². The number of benzene rings is 1. The first-order valence-corrected chi connectivity index (χ1v) is 8.53. The van der Waals surface area contributed by atoms with Crippen molar-refractivity contribution in [2.45, 2.75) is 24.9 Å². The van der Waals surface area contributed by atoms with E-state index in [1.807, 2.05) is 0 Å². The Morgan fingerprint density at radius 1 is 1.32 bits per heavy atom. The van der Waals surface area contributed by atoms with Crippen LogP contribution < -0.4 is 0 Å². The summed E-state index contributed by atoms with van der Waals surface area (Å²) in [4.78, 5) is 11.5. The molecular formula is C14H15F3O4S. The summed E-state index contributed by atoms with van der Waals surface area (Å²) in [5.74, 6) is -3.57. The fourth-order valence-corrected chi connectivity index (χ4v) is 4.63. The molecule has 1 aliphatic rings. The zero-order valence-electron chi connectivity index (χ0n) is 11.5. The van der Waals surface area contributed by atoms with Crippen molar-refractivity contribution < 1.29 is 31.5 Å².